The van der Waals surface area contributed by atoms with Crippen molar-refractivity contribution in [2.45, 2.75) is 65.1 Å². The standard InChI is InChI=1S/C30H34FNO4/c1-30(2,3)29(35-4)27-12-19(8-11-25(27)22-13-23(31)17-32-16-22)18-36-24-10-9-20-6-5-7-21(14-28(33)34)26(20)15-24/h8-13,15-17,21,29H,5-7,14,18H2,1-4H3,(H,33,34). The molecule has 1 aliphatic rings. The summed E-state index contributed by atoms with van der Waals surface area (Å²) in [6, 6.07) is 13.5. The van der Waals surface area contributed by atoms with Crippen LogP contribution in [0, 0.1) is 11.2 Å². The van der Waals surface area contributed by atoms with E-state index in [1.807, 2.05) is 24.3 Å². The van der Waals surface area contributed by atoms with Crippen molar-refractivity contribution in [2.75, 3.05) is 7.11 Å². The van der Waals surface area contributed by atoms with Gasteiger partial charge < -0.3 is 14.6 Å². The van der Waals surface area contributed by atoms with Crippen LogP contribution >= 0.6 is 0 Å². The van der Waals surface area contributed by atoms with Gasteiger partial charge in [0.05, 0.1) is 18.7 Å². The summed E-state index contributed by atoms with van der Waals surface area (Å²) in [5.41, 5.74) is 5.59. The highest BCUT2D eigenvalue weighted by atomic mass is 19.1. The fourth-order valence-electron chi connectivity index (χ4n) is 5.24. The van der Waals surface area contributed by atoms with Crippen molar-refractivity contribution >= 4 is 5.97 Å². The van der Waals surface area contributed by atoms with Crippen LogP contribution in [0.15, 0.2) is 54.9 Å². The molecular formula is C30H34FNO4. The Morgan fingerprint density at radius 3 is 2.67 bits per heavy atom. The van der Waals surface area contributed by atoms with E-state index in [0.29, 0.717) is 12.2 Å². The van der Waals surface area contributed by atoms with E-state index in [2.05, 4.69) is 37.9 Å². The molecule has 0 bridgehead atoms. The number of halogens is 1. The smallest absolute Gasteiger partial charge is 0.303 e. The minimum absolute atomic E-state index is 0.0230. The van der Waals surface area contributed by atoms with Crippen LogP contribution in [0.25, 0.3) is 11.1 Å². The van der Waals surface area contributed by atoms with Gasteiger partial charge in [-0.05, 0) is 82.7 Å². The SMILES string of the molecule is COC(c1cc(COc2ccc3c(c2)C(CC(=O)O)CCC3)ccc1-c1cncc(F)c1)C(C)(C)C. The fourth-order valence-corrected chi connectivity index (χ4v) is 5.24. The largest absolute Gasteiger partial charge is 0.489 e. The molecule has 0 spiro atoms. The second-order valence-electron chi connectivity index (χ2n) is 10.6. The van der Waals surface area contributed by atoms with E-state index in [1.165, 1.54) is 17.8 Å². The molecule has 0 saturated carbocycles. The summed E-state index contributed by atoms with van der Waals surface area (Å²) in [6.07, 6.45) is 5.63. The Balaban J connectivity index is 1.62. The first kappa shape index (κ1) is 25.8. The predicted molar refractivity (Wildman–Crippen MR) is 138 cm³/mol. The average molecular weight is 492 g/mol. The van der Waals surface area contributed by atoms with Gasteiger partial charge in [-0.15, -0.1) is 0 Å². The molecule has 0 saturated heterocycles. The maximum Gasteiger partial charge on any atom is 0.303 e. The zero-order chi connectivity index (χ0) is 25.9. The first-order valence-electron chi connectivity index (χ1n) is 12.4. The van der Waals surface area contributed by atoms with E-state index < -0.39 is 5.97 Å². The molecule has 2 aromatic carbocycles. The molecule has 36 heavy (non-hydrogen) atoms. The Labute approximate surface area is 212 Å². The summed E-state index contributed by atoms with van der Waals surface area (Å²) < 4.78 is 26.0. The van der Waals surface area contributed by atoms with Gasteiger partial charge in [-0.1, -0.05) is 39.0 Å². The van der Waals surface area contributed by atoms with Gasteiger partial charge in [0, 0.05) is 18.9 Å². The lowest BCUT2D eigenvalue weighted by molar-refractivity contribution is -0.137. The topological polar surface area (TPSA) is 68.7 Å². The molecule has 1 heterocycles. The van der Waals surface area contributed by atoms with Crippen LogP contribution < -0.4 is 4.74 Å². The number of aromatic nitrogens is 1. The summed E-state index contributed by atoms with van der Waals surface area (Å²) in [5, 5.41) is 9.31. The molecule has 3 aromatic rings. The average Bonchev–Trinajstić information content (AvgIpc) is 2.82. The number of benzene rings is 2. The number of hydrogen-bond donors (Lipinski definition) is 1. The highest BCUT2D eigenvalue weighted by Gasteiger charge is 2.29. The van der Waals surface area contributed by atoms with Gasteiger partial charge in [0.15, 0.2) is 0 Å². The molecule has 0 fully saturated rings. The van der Waals surface area contributed by atoms with Crippen LogP contribution in [-0.4, -0.2) is 23.2 Å². The Morgan fingerprint density at radius 1 is 1.17 bits per heavy atom. The summed E-state index contributed by atoms with van der Waals surface area (Å²) in [5.74, 6) is -0.407. The van der Waals surface area contributed by atoms with Crippen molar-refractivity contribution in [3.05, 3.63) is 82.9 Å². The van der Waals surface area contributed by atoms with Crippen LogP contribution in [0.3, 0.4) is 0 Å². The Hall–Kier alpha value is -3.25. The van der Waals surface area contributed by atoms with Crippen molar-refractivity contribution < 1.29 is 23.8 Å². The van der Waals surface area contributed by atoms with Gasteiger partial charge in [0.2, 0.25) is 0 Å². The molecule has 190 valence electrons. The van der Waals surface area contributed by atoms with Crippen LogP contribution in [0.4, 0.5) is 4.39 Å². The minimum atomic E-state index is -0.771. The number of hydrogen-bond acceptors (Lipinski definition) is 4. The third kappa shape index (κ3) is 5.93. The summed E-state index contributed by atoms with van der Waals surface area (Å²) >= 11 is 0. The number of carbonyl (C=O) groups is 1. The summed E-state index contributed by atoms with van der Waals surface area (Å²) in [4.78, 5) is 15.4. The molecule has 0 amide bonds. The van der Waals surface area contributed by atoms with Gasteiger partial charge in [-0.2, -0.15) is 0 Å². The lowest BCUT2D eigenvalue weighted by Gasteiger charge is -2.31. The van der Waals surface area contributed by atoms with E-state index >= 15 is 0 Å². The zero-order valence-corrected chi connectivity index (χ0v) is 21.4. The van der Waals surface area contributed by atoms with Crippen LogP contribution in [-0.2, 0) is 22.6 Å². The molecule has 4 rings (SSSR count). The normalized spacial score (nSPS) is 16.3. The highest BCUT2D eigenvalue weighted by molar-refractivity contribution is 5.69. The van der Waals surface area contributed by atoms with Crippen molar-refractivity contribution in [3.63, 3.8) is 0 Å². The van der Waals surface area contributed by atoms with E-state index in [1.54, 1.807) is 13.3 Å². The second-order valence-corrected chi connectivity index (χ2v) is 10.6. The Morgan fingerprint density at radius 2 is 1.97 bits per heavy atom. The van der Waals surface area contributed by atoms with Crippen LogP contribution in [0.1, 0.15) is 74.3 Å². The monoisotopic (exact) mass is 491 g/mol. The van der Waals surface area contributed by atoms with Crippen molar-refractivity contribution in [1.29, 1.82) is 0 Å². The van der Waals surface area contributed by atoms with Crippen LogP contribution in [0.5, 0.6) is 5.75 Å². The Bertz CT molecular complexity index is 1230. The first-order chi connectivity index (χ1) is 17.2. The van der Waals surface area contributed by atoms with Crippen molar-refractivity contribution in [2.24, 2.45) is 5.41 Å². The van der Waals surface area contributed by atoms with E-state index in [9.17, 15) is 14.3 Å². The van der Waals surface area contributed by atoms with E-state index in [-0.39, 0.29) is 29.7 Å². The molecule has 1 aromatic heterocycles. The summed E-state index contributed by atoms with van der Waals surface area (Å²) in [6.45, 7) is 6.67. The number of ether oxygens (including phenoxy) is 2. The second kappa shape index (κ2) is 10.8. The first-order valence-corrected chi connectivity index (χ1v) is 12.4. The molecule has 5 nitrogen and oxygen atoms in total. The molecular weight excluding hydrogens is 457 g/mol. The number of fused-ring (bicyclic) bond motifs is 1. The quantitative estimate of drug-likeness (QED) is 0.364. The van der Waals surface area contributed by atoms with Crippen molar-refractivity contribution in [1.82, 2.24) is 4.98 Å². The number of nitrogens with zero attached hydrogens (tertiary/aromatic N) is 1. The molecule has 2 atom stereocenters. The molecule has 1 N–H and O–H groups in total. The molecule has 2 unspecified atom stereocenters. The third-order valence-electron chi connectivity index (χ3n) is 6.82. The van der Waals surface area contributed by atoms with Gasteiger partial charge in [-0.25, -0.2) is 4.39 Å². The number of aryl methyl sites for hydroxylation is 1. The maximum atomic E-state index is 14.0. The number of rotatable bonds is 8. The van der Waals surface area contributed by atoms with Crippen LogP contribution in [0.2, 0.25) is 0 Å². The zero-order valence-electron chi connectivity index (χ0n) is 21.4. The number of carboxylic acids is 1. The Kier molecular flexibility index (Phi) is 7.74. The fraction of sp³-hybridized carbons (Fsp3) is 0.400. The van der Waals surface area contributed by atoms with E-state index in [4.69, 9.17) is 9.47 Å². The third-order valence-corrected chi connectivity index (χ3v) is 6.82. The van der Waals surface area contributed by atoms with Gasteiger partial charge in [0.25, 0.3) is 0 Å². The number of methoxy groups -OCH3 is 1. The molecule has 0 radical (unpaired) electrons. The molecule has 0 aliphatic heterocycles. The number of pyridine rings is 1. The predicted octanol–water partition coefficient (Wildman–Crippen LogP) is 7.09. The lowest BCUT2D eigenvalue weighted by Crippen LogP contribution is -2.21. The lowest BCUT2D eigenvalue weighted by atomic mass is 9.81. The molecule has 1 aliphatic carbocycles. The van der Waals surface area contributed by atoms with Gasteiger partial charge >= 0.3 is 5.97 Å². The number of aliphatic carboxylic acids is 1. The molecule has 6 heteroatoms. The van der Waals surface area contributed by atoms with Gasteiger partial charge in [-0.3, -0.25) is 9.78 Å². The number of carboxylic acid groups (broad SMARTS) is 1. The minimum Gasteiger partial charge on any atom is -0.489 e. The maximum absolute atomic E-state index is 14.0. The van der Waals surface area contributed by atoms with Crippen molar-refractivity contribution in [3.8, 4) is 16.9 Å². The van der Waals surface area contributed by atoms with Gasteiger partial charge in [0.1, 0.15) is 18.2 Å². The summed E-state index contributed by atoms with van der Waals surface area (Å²) in [7, 11) is 1.69. The van der Waals surface area contributed by atoms with E-state index in [0.717, 1.165) is 47.3 Å². The highest BCUT2D eigenvalue weighted by Crippen LogP contribution is 2.41.